The van der Waals surface area contributed by atoms with Crippen molar-refractivity contribution in [2.45, 2.75) is 67.6 Å². The van der Waals surface area contributed by atoms with Crippen LogP contribution in [-0.2, 0) is 14.9 Å². The number of nitrogens with zero attached hydrogens (tertiary/aromatic N) is 1. The van der Waals surface area contributed by atoms with Gasteiger partial charge in [-0.1, -0.05) is 24.3 Å². The number of rotatable bonds is 4. The van der Waals surface area contributed by atoms with Crippen LogP contribution in [-0.4, -0.2) is 48.3 Å². The molecule has 3 aliphatic carbocycles. The number of halogens is 3. The number of hydrogen-bond donors (Lipinski definition) is 1. The Bertz CT molecular complexity index is 884. The summed E-state index contributed by atoms with van der Waals surface area (Å²) in [7, 11) is 1.80. The van der Waals surface area contributed by atoms with E-state index in [1.807, 2.05) is 6.07 Å². The third kappa shape index (κ3) is 2.98. The van der Waals surface area contributed by atoms with Crippen molar-refractivity contribution >= 4 is 12.0 Å². The SMILES string of the molecule is CN(C(=O)C1CC2(COC(=O)N2)C1)C1CC(c2cccc(C3(C(F)(F)F)CC3)c2)C1. The van der Waals surface area contributed by atoms with Crippen LogP contribution in [0.4, 0.5) is 18.0 Å². The summed E-state index contributed by atoms with van der Waals surface area (Å²) < 4.78 is 45.3. The second kappa shape index (κ2) is 6.37. The Morgan fingerprint density at radius 2 is 1.93 bits per heavy atom. The van der Waals surface area contributed by atoms with Crippen molar-refractivity contribution in [3.05, 3.63) is 35.4 Å². The van der Waals surface area contributed by atoms with Gasteiger partial charge in [0.2, 0.25) is 5.91 Å². The fourth-order valence-corrected chi connectivity index (χ4v) is 5.37. The van der Waals surface area contributed by atoms with Crippen molar-refractivity contribution in [3.63, 3.8) is 0 Å². The Kier molecular flexibility index (Phi) is 4.19. The molecule has 0 unspecified atom stereocenters. The summed E-state index contributed by atoms with van der Waals surface area (Å²) in [5.74, 6) is 0.151. The van der Waals surface area contributed by atoms with Crippen LogP contribution in [0.3, 0.4) is 0 Å². The first-order valence-electron chi connectivity index (χ1n) is 10.5. The van der Waals surface area contributed by atoms with Crippen molar-refractivity contribution in [2.24, 2.45) is 5.92 Å². The third-order valence-corrected chi connectivity index (χ3v) is 7.68. The van der Waals surface area contributed by atoms with Crippen LogP contribution in [0, 0.1) is 5.92 Å². The van der Waals surface area contributed by atoms with Gasteiger partial charge < -0.3 is 15.0 Å². The van der Waals surface area contributed by atoms with Crippen LogP contribution < -0.4 is 5.32 Å². The Morgan fingerprint density at radius 1 is 1.23 bits per heavy atom. The van der Waals surface area contributed by atoms with E-state index < -0.39 is 17.7 Å². The summed E-state index contributed by atoms with van der Waals surface area (Å²) in [6.07, 6.45) is -1.57. The smallest absolute Gasteiger partial charge is 0.407 e. The van der Waals surface area contributed by atoms with Crippen LogP contribution in [0.2, 0.25) is 0 Å². The minimum atomic E-state index is -4.20. The van der Waals surface area contributed by atoms with Gasteiger partial charge in [0, 0.05) is 19.0 Å². The van der Waals surface area contributed by atoms with Crippen molar-refractivity contribution < 1.29 is 27.5 Å². The third-order valence-electron chi connectivity index (χ3n) is 7.68. The molecular formula is C22H25F3N2O3. The van der Waals surface area contributed by atoms with E-state index in [2.05, 4.69) is 5.32 Å². The lowest BCUT2D eigenvalue weighted by atomic mass is 9.67. The van der Waals surface area contributed by atoms with E-state index in [4.69, 9.17) is 4.74 Å². The van der Waals surface area contributed by atoms with Crippen LogP contribution >= 0.6 is 0 Å². The zero-order valence-corrected chi connectivity index (χ0v) is 16.8. The lowest BCUT2D eigenvalue weighted by molar-refractivity contribution is -0.160. The fourth-order valence-electron chi connectivity index (χ4n) is 5.37. The summed E-state index contributed by atoms with van der Waals surface area (Å²) in [5, 5.41) is 2.80. The second-order valence-electron chi connectivity index (χ2n) is 9.56. The molecule has 5 rings (SSSR count). The molecule has 0 bridgehead atoms. The number of nitrogens with one attached hydrogen (secondary N) is 1. The molecule has 4 aliphatic rings. The molecule has 4 fully saturated rings. The zero-order valence-electron chi connectivity index (χ0n) is 16.8. The minimum absolute atomic E-state index is 0.0768. The van der Waals surface area contributed by atoms with Gasteiger partial charge in [0.15, 0.2) is 0 Å². The summed E-state index contributed by atoms with van der Waals surface area (Å²) in [5.41, 5.74) is -0.717. The summed E-state index contributed by atoms with van der Waals surface area (Å²) in [6.45, 7) is 0.320. The summed E-state index contributed by atoms with van der Waals surface area (Å²) >= 11 is 0. The Hall–Kier alpha value is -2.25. The first kappa shape index (κ1) is 19.7. The molecule has 1 aromatic rings. The maximum atomic E-state index is 13.4. The molecule has 1 saturated heterocycles. The van der Waals surface area contributed by atoms with Gasteiger partial charge in [-0.25, -0.2) is 4.79 Å². The molecule has 1 spiro atoms. The molecule has 1 N–H and O–H groups in total. The van der Waals surface area contributed by atoms with E-state index in [9.17, 15) is 22.8 Å². The largest absolute Gasteiger partial charge is 0.447 e. The molecule has 0 aromatic heterocycles. The van der Waals surface area contributed by atoms with Gasteiger partial charge in [-0.3, -0.25) is 4.79 Å². The highest BCUT2D eigenvalue weighted by molar-refractivity contribution is 5.81. The van der Waals surface area contributed by atoms with Gasteiger partial charge in [0.05, 0.1) is 11.0 Å². The van der Waals surface area contributed by atoms with Gasteiger partial charge in [-0.2, -0.15) is 13.2 Å². The minimum Gasteiger partial charge on any atom is -0.447 e. The van der Waals surface area contributed by atoms with Crippen molar-refractivity contribution in [1.29, 1.82) is 0 Å². The highest BCUT2D eigenvalue weighted by Gasteiger charge is 2.64. The van der Waals surface area contributed by atoms with E-state index >= 15 is 0 Å². The molecule has 0 radical (unpaired) electrons. The van der Waals surface area contributed by atoms with Crippen molar-refractivity contribution in [3.8, 4) is 0 Å². The van der Waals surface area contributed by atoms with E-state index in [0.717, 1.165) is 18.4 Å². The Labute approximate surface area is 172 Å². The predicted octanol–water partition coefficient (Wildman–Crippen LogP) is 3.87. The monoisotopic (exact) mass is 422 g/mol. The highest BCUT2D eigenvalue weighted by atomic mass is 19.4. The second-order valence-corrected chi connectivity index (χ2v) is 9.56. The molecule has 30 heavy (non-hydrogen) atoms. The molecule has 162 valence electrons. The Morgan fingerprint density at radius 3 is 2.50 bits per heavy atom. The number of carbonyl (C=O) groups is 2. The lowest BCUT2D eigenvalue weighted by Gasteiger charge is -2.47. The lowest BCUT2D eigenvalue weighted by Crippen LogP contribution is -2.59. The number of carbonyl (C=O) groups excluding carboxylic acids is 2. The number of ether oxygens (including phenoxy) is 1. The molecule has 2 amide bonds. The van der Waals surface area contributed by atoms with Gasteiger partial charge >= 0.3 is 12.3 Å². The van der Waals surface area contributed by atoms with E-state index in [1.165, 1.54) is 0 Å². The zero-order chi connectivity index (χ0) is 21.3. The molecule has 8 heteroatoms. The first-order valence-corrected chi connectivity index (χ1v) is 10.5. The van der Waals surface area contributed by atoms with Crippen LogP contribution in [0.25, 0.3) is 0 Å². The number of alkyl carbamates (subject to hydrolysis) is 1. The number of cyclic esters (lactones) is 1. The highest BCUT2D eigenvalue weighted by Crippen LogP contribution is 2.59. The quantitative estimate of drug-likeness (QED) is 0.801. The van der Waals surface area contributed by atoms with E-state index in [-0.39, 0.29) is 42.2 Å². The van der Waals surface area contributed by atoms with Crippen molar-refractivity contribution in [2.75, 3.05) is 13.7 Å². The maximum Gasteiger partial charge on any atom is 0.407 e. The topological polar surface area (TPSA) is 58.6 Å². The number of benzene rings is 1. The maximum absolute atomic E-state index is 13.4. The summed E-state index contributed by atoms with van der Waals surface area (Å²) in [4.78, 5) is 25.8. The van der Waals surface area contributed by atoms with Crippen LogP contribution in [0.5, 0.6) is 0 Å². The predicted molar refractivity (Wildman–Crippen MR) is 102 cm³/mol. The average Bonchev–Trinajstić information content (AvgIpc) is 3.36. The Balaban J connectivity index is 1.18. The molecule has 3 saturated carbocycles. The van der Waals surface area contributed by atoms with Crippen LogP contribution in [0.15, 0.2) is 24.3 Å². The molecular weight excluding hydrogens is 397 g/mol. The van der Waals surface area contributed by atoms with Gasteiger partial charge in [0.25, 0.3) is 0 Å². The number of alkyl halides is 3. The first-order chi connectivity index (χ1) is 14.1. The van der Waals surface area contributed by atoms with Gasteiger partial charge in [0.1, 0.15) is 6.61 Å². The molecule has 0 atom stereocenters. The fraction of sp³-hybridized carbons (Fsp3) is 0.636. The van der Waals surface area contributed by atoms with Crippen molar-refractivity contribution in [1.82, 2.24) is 10.2 Å². The standard InChI is InChI=1S/C22H25F3N2O3/c1-27(18(28)15-10-20(11-15)12-30-19(29)26-20)17-8-14(9-17)13-3-2-4-16(7-13)21(5-6-21)22(23,24)25/h2-4,7,14-15,17H,5-6,8-12H2,1H3,(H,26,29). The molecule has 1 heterocycles. The van der Waals surface area contributed by atoms with Gasteiger partial charge in [-0.05, 0) is 55.6 Å². The van der Waals surface area contributed by atoms with E-state index in [1.54, 1.807) is 30.1 Å². The van der Waals surface area contributed by atoms with Gasteiger partial charge in [-0.15, -0.1) is 0 Å². The molecule has 1 aromatic carbocycles. The summed E-state index contributed by atoms with van der Waals surface area (Å²) in [6, 6.07) is 7.05. The number of hydrogen-bond acceptors (Lipinski definition) is 3. The van der Waals surface area contributed by atoms with E-state index in [0.29, 0.717) is 25.0 Å². The molecule has 5 nitrogen and oxygen atoms in total. The molecule has 1 aliphatic heterocycles. The average molecular weight is 422 g/mol. The number of amides is 2. The normalized spacial score (nSPS) is 33.9. The van der Waals surface area contributed by atoms with Crippen LogP contribution in [0.1, 0.15) is 55.6 Å².